The molecule has 114 valence electrons. The van der Waals surface area contributed by atoms with Crippen molar-refractivity contribution in [1.82, 2.24) is 4.98 Å². The van der Waals surface area contributed by atoms with Crippen molar-refractivity contribution in [3.05, 3.63) is 82.9 Å². The zero-order chi connectivity index (χ0) is 16.1. The van der Waals surface area contributed by atoms with Crippen LogP contribution in [0.3, 0.4) is 0 Å². The molecule has 0 fully saturated rings. The summed E-state index contributed by atoms with van der Waals surface area (Å²) in [5.41, 5.74) is 2.71. The first-order chi connectivity index (χ1) is 11.2. The normalized spacial score (nSPS) is 10.8. The number of anilines is 2. The number of thiazole rings is 1. The maximum Gasteiger partial charge on any atom is 0.197 e. The first kappa shape index (κ1) is 15.2. The molecule has 3 rings (SSSR count). The summed E-state index contributed by atoms with van der Waals surface area (Å²) in [7, 11) is 0. The second-order valence-electron chi connectivity index (χ2n) is 5.03. The summed E-state index contributed by atoms with van der Waals surface area (Å²) >= 11 is 1.37. The minimum Gasteiger partial charge on any atom is -0.332 e. The molecule has 0 radical (unpaired) electrons. The molecule has 0 unspecified atom stereocenters. The molecule has 0 saturated heterocycles. The van der Waals surface area contributed by atoms with Gasteiger partial charge in [0.05, 0.1) is 10.6 Å². The number of aromatic nitrogens is 1. The molecule has 4 heteroatoms. The van der Waals surface area contributed by atoms with Crippen LogP contribution in [0.5, 0.6) is 0 Å². The number of nitrogens with zero attached hydrogens (tertiary/aromatic N) is 1. The Labute approximate surface area is 139 Å². The Morgan fingerprint density at radius 3 is 2.39 bits per heavy atom. The fraction of sp³-hybridized carbons (Fsp3) is 0.0526. The van der Waals surface area contributed by atoms with Crippen LogP contribution < -0.4 is 5.32 Å². The van der Waals surface area contributed by atoms with Gasteiger partial charge >= 0.3 is 0 Å². The van der Waals surface area contributed by atoms with Gasteiger partial charge in [0.25, 0.3) is 0 Å². The molecule has 1 heterocycles. The molecular formula is C19H16N2OS. The number of carbonyl (C=O) groups excluding carboxylic acids is 1. The number of benzene rings is 2. The highest BCUT2D eigenvalue weighted by molar-refractivity contribution is 7.17. The van der Waals surface area contributed by atoms with Gasteiger partial charge in [0, 0.05) is 5.69 Å². The van der Waals surface area contributed by atoms with Crippen LogP contribution in [0.15, 0.2) is 66.7 Å². The fourth-order valence-electron chi connectivity index (χ4n) is 2.14. The highest BCUT2D eigenvalue weighted by Crippen LogP contribution is 2.26. The lowest BCUT2D eigenvalue weighted by atomic mass is 10.2. The molecule has 0 aliphatic carbocycles. The summed E-state index contributed by atoms with van der Waals surface area (Å²) < 4.78 is 0. The second-order valence-corrected chi connectivity index (χ2v) is 6.03. The van der Waals surface area contributed by atoms with E-state index in [4.69, 9.17) is 0 Å². The van der Waals surface area contributed by atoms with E-state index in [-0.39, 0.29) is 5.78 Å². The van der Waals surface area contributed by atoms with Gasteiger partial charge in [-0.05, 0) is 30.7 Å². The third-order valence-electron chi connectivity index (χ3n) is 3.27. The molecule has 0 amide bonds. The van der Waals surface area contributed by atoms with E-state index < -0.39 is 0 Å². The van der Waals surface area contributed by atoms with Crippen molar-refractivity contribution in [3.63, 3.8) is 0 Å². The Bertz CT molecular complexity index is 823. The number of hydrogen-bond acceptors (Lipinski definition) is 4. The number of allylic oxidation sites excluding steroid dienone is 1. The summed E-state index contributed by atoms with van der Waals surface area (Å²) in [5.74, 6) is -0.0232. The molecule has 0 aliphatic heterocycles. The predicted molar refractivity (Wildman–Crippen MR) is 96.4 cm³/mol. The average Bonchev–Trinajstić information content (AvgIpc) is 2.95. The standard InChI is InChI=1S/C19H16N2OS/c1-14-18(17(22)13-12-15-8-4-2-5-9-15)23-19(20-14)21-16-10-6-3-7-11-16/h2-13H,1H3,(H,20,21)/b13-12+. The third kappa shape index (κ3) is 3.93. The lowest BCUT2D eigenvalue weighted by molar-refractivity contribution is 0.105. The Morgan fingerprint density at radius 1 is 1.04 bits per heavy atom. The van der Waals surface area contributed by atoms with Gasteiger partial charge in [0.2, 0.25) is 0 Å². The van der Waals surface area contributed by atoms with Crippen LogP contribution in [0, 0.1) is 6.92 Å². The first-order valence-corrected chi connectivity index (χ1v) is 8.11. The van der Waals surface area contributed by atoms with Crippen molar-refractivity contribution in [2.45, 2.75) is 6.92 Å². The lowest BCUT2D eigenvalue weighted by Crippen LogP contribution is -1.93. The predicted octanol–water partition coefficient (Wildman–Crippen LogP) is 5.09. The number of para-hydroxylation sites is 1. The van der Waals surface area contributed by atoms with Gasteiger partial charge in [0.1, 0.15) is 0 Å². The minimum atomic E-state index is -0.0232. The summed E-state index contributed by atoms with van der Waals surface area (Å²) in [6, 6.07) is 19.6. The van der Waals surface area contributed by atoms with Crippen LogP contribution in [0.25, 0.3) is 6.08 Å². The molecule has 0 aliphatic rings. The Kier molecular flexibility index (Phi) is 4.64. The van der Waals surface area contributed by atoms with Gasteiger partial charge in [-0.2, -0.15) is 0 Å². The summed E-state index contributed by atoms with van der Waals surface area (Å²) in [5, 5.41) is 3.95. The van der Waals surface area contributed by atoms with Gasteiger partial charge in [-0.1, -0.05) is 65.9 Å². The van der Waals surface area contributed by atoms with E-state index in [1.165, 1.54) is 11.3 Å². The van der Waals surface area contributed by atoms with Crippen LogP contribution in [-0.2, 0) is 0 Å². The maximum absolute atomic E-state index is 12.4. The number of aryl methyl sites for hydroxylation is 1. The maximum atomic E-state index is 12.4. The highest BCUT2D eigenvalue weighted by atomic mass is 32.1. The van der Waals surface area contributed by atoms with Crippen LogP contribution in [-0.4, -0.2) is 10.8 Å². The lowest BCUT2D eigenvalue weighted by Gasteiger charge is -2.00. The fourth-order valence-corrected chi connectivity index (χ4v) is 3.04. The Balaban J connectivity index is 1.75. The molecule has 0 spiro atoms. The van der Waals surface area contributed by atoms with Gasteiger partial charge in [0.15, 0.2) is 10.9 Å². The van der Waals surface area contributed by atoms with E-state index >= 15 is 0 Å². The zero-order valence-corrected chi connectivity index (χ0v) is 13.5. The second kappa shape index (κ2) is 7.03. The number of hydrogen-bond donors (Lipinski definition) is 1. The van der Waals surface area contributed by atoms with Crippen molar-refractivity contribution < 1.29 is 4.79 Å². The van der Waals surface area contributed by atoms with Crippen molar-refractivity contribution in [1.29, 1.82) is 0 Å². The number of rotatable bonds is 5. The first-order valence-electron chi connectivity index (χ1n) is 7.29. The zero-order valence-electron chi connectivity index (χ0n) is 12.7. The van der Waals surface area contributed by atoms with Gasteiger partial charge < -0.3 is 5.32 Å². The molecule has 1 N–H and O–H groups in total. The Morgan fingerprint density at radius 2 is 1.70 bits per heavy atom. The van der Waals surface area contributed by atoms with Crippen molar-refractivity contribution in [2.75, 3.05) is 5.32 Å². The van der Waals surface area contributed by atoms with E-state index in [2.05, 4.69) is 10.3 Å². The van der Waals surface area contributed by atoms with Crippen LogP contribution >= 0.6 is 11.3 Å². The average molecular weight is 320 g/mol. The summed E-state index contributed by atoms with van der Waals surface area (Å²) in [6.07, 6.45) is 3.42. The minimum absolute atomic E-state index is 0.0232. The molecule has 3 aromatic rings. The van der Waals surface area contributed by atoms with E-state index in [0.29, 0.717) is 4.88 Å². The van der Waals surface area contributed by atoms with Crippen molar-refractivity contribution in [2.24, 2.45) is 0 Å². The van der Waals surface area contributed by atoms with E-state index in [1.807, 2.05) is 73.7 Å². The summed E-state index contributed by atoms with van der Waals surface area (Å²) in [4.78, 5) is 17.5. The number of ketones is 1. The smallest absolute Gasteiger partial charge is 0.197 e. The molecule has 3 nitrogen and oxygen atoms in total. The van der Waals surface area contributed by atoms with Crippen LogP contribution in [0.1, 0.15) is 20.9 Å². The highest BCUT2D eigenvalue weighted by Gasteiger charge is 2.13. The van der Waals surface area contributed by atoms with E-state index in [1.54, 1.807) is 6.08 Å². The Hall–Kier alpha value is -2.72. The van der Waals surface area contributed by atoms with Gasteiger partial charge in [-0.25, -0.2) is 4.98 Å². The summed E-state index contributed by atoms with van der Waals surface area (Å²) in [6.45, 7) is 1.86. The van der Waals surface area contributed by atoms with E-state index in [9.17, 15) is 4.79 Å². The van der Waals surface area contributed by atoms with Gasteiger partial charge in [-0.15, -0.1) is 0 Å². The number of carbonyl (C=O) groups is 1. The molecule has 0 atom stereocenters. The van der Waals surface area contributed by atoms with Crippen LogP contribution in [0.4, 0.5) is 10.8 Å². The van der Waals surface area contributed by atoms with Gasteiger partial charge in [-0.3, -0.25) is 4.79 Å². The van der Waals surface area contributed by atoms with E-state index in [0.717, 1.165) is 22.1 Å². The third-order valence-corrected chi connectivity index (χ3v) is 4.36. The number of nitrogens with one attached hydrogen (secondary N) is 1. The molecular weight excluding hydrogens is 304 g/mol. The quantitative estimate of drug-likeness (QED) is 0.526. The topological polar surface area (TPSA) is 42.0 Å². The van der Waals surface area contributed by atoms with Crippen molar-refractivity contribution >= 4 is 34.0 Å². The molecule has 2 aromatic carbocycles. The SMILES string of the molecule is Cc1nc(Nc2ccccc2)sc1C(=O)/C=C/c1ccccc1. The molecule has 23 heavy (non-hydrogen) atoms. The largest absolute Gasteiger partial charge is 0.332 e. The van der Waals surface area contributed by atoms with Crippen LogP contribution in [0.2, 0.25) is 0 Å². The van der Waals surface area contributed by atoms with Crippen molar-refractivity contribution in [3.8, 4) is 0 Å². The molecule has 0 saturated carbocycles. The molecule has 0 bridgehead atoms. The molecule has 1 aromatic heterocycles. The monoisotopic (exact) mass is 320 g/mol.